The van der Waals surface area contributed by atoms with Crippen LogP contribution in [0.3, 0.4) is 0 Å². The van der Waals surface area contributed by atoms with Gasteiger partial charge in [-0.2, -0.15) is 0 Å². The van der Waals surface area contributed by atoms with E-state index < -0.39 is 0 Å². The number of anilines is 1. The van der Waals surface area contributed by atoms with Crippen molar-refractivity contribution >= 4 is 5.82 Å². The van der Waals surface area contributed by atoms with Crippen molar-refractivity contribution in [2.45, 2.75) is 6.92 Å². The first-order valence-electron chi connectivity index (χ1n) is 4.79. The second kappa shape index (κ2) is 3.84. The van der Waals surface area contributed by atoms with E-state index in [-0.39, 0.29) is 5.56 Å². The first kappa shape index (κ1) is 9.27. The standard InChI is InChI=1S/C10H14N2O2/c1-8-6-9(11-10(13)7-8)12-2-4-14-5-3-12/h6-7H,2-5H2,1H3,(H,11,13). The minimum atomic E-state index is -0.0357. The summed E-state index contributed by atoms with van der Waals surface area (Å²) in [6, 6.07) is 3.59. The van der Waals surface area contributed by atoms with Gasteiger partial charge in [0.2, 0.25) is 5.56 Å². The Hall–Kier alpha value is -1.29. The second-order valence-corrected chi connectivity index (χ2v) is 3.51. The number of aromatic amines is 1. The molecule has 0 bridgehead atoms. The number of aryl methyl sites for hydroxylation is 1. The summed E-state index contributed by atoms with van der Waals surface area (Å²) in [7, 11) is 0. The van der Waals surface area contributed by atoms with E-state index in [1.165, 1.54) is 0 Å². The second-order valence-electron chi connectivity index (χ2n) is 3.51. The van der Waals surface area contributed by atoms with Crippen LogP contribution >= 0.6 is 0 Å². The molecule has 1 aliphatic rings. The molecular weight excluding hydrogens is 180 g/mol. The van der Waals surface area contributed by atoms with Crippen LogP contribution in [0.2, 0.25) is 0 Å². The Bertz CT molecular complexity index is 367. The molecule has 0 amide bonds. The van der Waals surface area contributed by atoms with E-state index in [1.807, 2.05) is 13.0 Å². The number of nitrogens with one attached hydrogen (secondary N) is 1. The lowest BCUT2D eigenvalue weighted by Gasteiger charge is -2.28. The van der Waals surface area contributed by atoms with Crippen LogP contribution in [0.15, 0.2) is 16.9 Å². The molecule has 1 aliphatic heterocycles. The van der Waals surface area contributed by atoms with Gasteiger partial charge < -0.3 is 14.6 Å². The first-order valence-corrected chi connectivity index (χ1v) is 4.79. The number of morpholine rings is 1. The highest BCUT2D eigenvalue weighted by atomic mass is 16.5. The van der Waals surface area contributed by atoms with Crippen molar-refractivity contribution in [2.24, 2.45) is 0 Å². The molecular formula is C10H14N2O2. The lowest BCUT2D eigenvalue weighted by Crippen LogP contribution is -2.37. The Labute approximate surface area is 82.5 Å². The van der Waals surface area contributed by atoms with Crippen LogP contribution in [0.5, 0.6) is 0 Å². The number of hydrogen-bond acceptors (Lipinski definition) is 3. The molecule has 1 aromatic rings. The van der Waals surface area contributed by atoms with Crippen molar-refractivity contribution in [3.63, 3.8) is 0 Å². The molecule has 1 N–H and O–H groups in total. The first-order chi connectivity index (χ1) is 6.75. The molecule has 1 fully saturated rings. The summed E-state index contributed by atoms with van der Waals surface area (Å²) in [5.41, 5.74) is 0.960. The smallest absolute Gasteiger partial charge is 0.249 e. The van der Waals surface area contributed by atoms with Gasteiger partial charge in [-0.25, -0.2) is 0 Å². The fourth-order valence-electron chi connectivity index (χ4n) is 1.64. The Morgan fingerprint density at radius 2 is 2.07 bits per heavy atom. The molecule has 14 heavy (non-hydrogen) atoms. The molecule has 0 radical (unpaired) electrons. The maximum atomic E-state index is 11.2. The van der Waals surface area contributed by atoms with Crippen molar-refractivity contribution in [3.05, 3.63) is 28.0 Å². The zero-order chi connectivity index (χ0) is 9.97. The predicted molar refractivity (Wildman–Crippen MR) is 54.8 cm³/mol. The van der Waals surface area contributed by atoms with Crippen LogP contribution in [-0.2, 0) is 4.74 Å². The predicted octanol–water partition coefficient (Wildman–Crippen LogP) is 0.520. The van der Waals surface area contributed by atoms with Crippen LogP contribution < -0.4 is 10.5 Å². The van der Waals surface area contributed by atoms with Crippen molar-refractivity contribution in [2.75, 3.05) is 31.2 Å². The SMILES string of the molecule is Cc1cc(N2CCOCC2)[nH]c(=O)c1. The molecule has 4 nitrogen and oxygen atoms in total. The van der Waals surface area contributed by atoms with Gasteiger partial charge in [0.25, 0.3) is 0 Å². The highest BCUT2D eigenvalue weighted by Gasteiger charge is 2.11. The van der Waals surface area contributed by atoms with Crippen LogP contribution in [0, 0.1) is 6.92 Å². The lowest BCUT2D eigenvalue weighted by molar-refractivity contribution is 0.122. The van der Waals surface area contributed by atoms with Crippen LogP contribution in [0.1, 0.15) is 5.56 Å². The van der Waals surface area contributed by atoms with E-state index in [9.17, 15) is 4.79 Å². The van der Waals surface area contributed by atoms with Crippen molar-refractivity contribution in [1.29, 1.82) is 0 Å². The molecule has 2 rings (SSSR count). The number of rotatable bonds is 1. The molecule has 2 heterocycles. The van der Waals surface area contributed by atoms with E-state index >= 15 is 0 Å². The van der Waals surface area contributed by atoms with Gasteiger partial charge in [-0.3, -0.25) is 4.79 Å². The Morgan fingerprint density at radius 1 is 1.36 bits per heavy atom. The molecule has 1 saturated heterocycles. The molecule has 76 valence electrons. The lowest BCUT2D eigenvalue weighted by atomic mass is 10.3. The van der Waals surface area contributed by atoms with E-state index in [1.54, 1.807) is 6.07 Å². The zero-order valence-corrected chi connectivity index (χ0v) is 8.25. The van der Waals surface area contributed by atoms with Crippen LogP contribution in [-0.4, -0.2) is 31.3 Å². The van der Waals surface area contributed by atoms with E-state index in [0.29, 0.717) is 0 Å². The monoisotopic (exact) mass is 194 g/mol. The third-order valence-electron chi connectivity index (χ3n) is 2.33. The summed E-state index contributed by atoms with van der Waals surface area (Å²) in [5.74, 6) is 0.901. The van der Waals surface area contributed by atoms with Gasteiger partial charge >= 0.3 is 0 Å². The Kier molecular flexibility index (Phi) is 2.54. The van der Waals surface area contributed by atoms with Gasteiger partial charge in [0.05, 0.1) is 13.2 Å². The summed E-state index contributed by atoms with van der Waals surface area (Å²) < 4.78 is 5.25. The number of aromatic nitrogens is 1. The maximum Gasteiger partial charge on any atom is 0.249 e. The molecule has 0 saturated carbocycles. The average Bonchev–Trinajstić information content (AvgIpc) is 2.18. The Balaban J connectivity index is 2.26. The van der Waals surface area contributed by atoms with Gasteiger partial charge in [-0.15, -0.1) is 0 Å². The van der Waals surface area contributed by atoms with E-state index in [4.69, 9.17) is 4.74 Å². The van der Waals surface area contributed by atoms with Crippen LogP contribution in [0.25, 0.3) is 0 Å². The number of nitrogens with zero attached hydrogens (tertiary/aromatic N) is 1. The third kappa shape index (κ3) is 1.96. The summed E-state index contributed by atoms with van der Waals surface area (Å²) in [5, 5.41) is 0. The molecule has 1 aromatic heterocycles. The molecule has 0 aromatic carbocycles. The van der Waals surface area contributed by atoms with Crippen molar-refractivity contribution < 1.29 is 4.74 Å². The van der Waals surface area contributed by atoms with Crippen molar-refractivity contribution in [1.82, 2.24) is 4.98 Å². The number of hydrogen-bond donors (Lipinski definition) is 1. The van der Waals surface area contributed by atoms with Gasteiger partial charge in [0.1, 0.15) is 5.82 Å². The Morgan fingerprint density at radius 3 is 2.71 bits per heavy atom. The quantitative estimate of drug-likeness (QED) is 0.709. The topological polar surface area (TPSA) is 45.3 Å². The van der Waals surface area contributed by atoms with Crippen molar-refractivity contribution in [3.8, 4) is 0 Å². The summed E-state index contributed by atoms with van der Waals surface area (Å²) in [6.07, 6.45) is 0. The average molecular weight is 194 g/mol. The highest BCUT2D eigenvalue weighted by Crippen LogP contribution is 2.11. The van der Waals surface area contributed by atoms with Gasteiger partial charge in [0, 0.05) is 19.2 Å². The number of ether oxygens (including phenoxy) is 1. The fraction of sp³-hybridized carbons (Fsp3) is 0.500. The summed E-state index contributed by atoms with van der Waals surface area (Å²) in [4.78, 5) is 16.2. The van der Waals surface area contributed by atoms with E-state index in [2.05, 4.69) is 9.88 Å². The van der Waals surface area contributed by atoms with Gasteiger partial charge in [-0.05, 0) is 18.6 Å². The highest BCUT2D eigenvalue weighted by molar-refractivity contribution is 5.40. The third-order valence-corrected chi connectivity index (χ3v) is 2.33. The molecule has 0 unspecified atom stereocenters. The minimum absolute atomic E-state index is 0.0357. The fourth-order valence-corrected chi connectivity index (χ4v) is 1.64. The van der Waals surface area contributed by atoms with E-state index in [0.717, 1.165) is 37.7 Å². The largest absolute Gasteiger partial charge is 0.378 e. The van der Waals surface area contributed by atoms with Crippen LogP contribution in [0.4, 0.5) is 5.82 Å². The van der Waals surface area contributed by atoms with Gasteiger partial charge in [0.15, 0.2) is 0 Å². The summed E-state index contributed by atoms with van der Waals surface area (Å²) in [6.45, 7) is 5.09. The maximum absolute atomic E-state index is 11.2. The van der Waals surface area contributed by atoms with Gasteiger partial charge in [-0.1, -0.05) is 0 Å². The minimum Gasteiger partial charge on any atom is -0.378 e. The normalized spacial score (nSPS) is 17.1. The number of H-pyrrole nitrogens is 1. The molecule has 4 heteroatoms. The number of pyridine rings is 1. The molecule has 0 aliphatic carbocycles. The molecule has 0 spiro atoms. The summed E-state index contributed by atoms with van der Waals surface area (Å²) >= 11 is 0. The molecule has 0 atom stereocenters. The zero-order valence-electron chi connectivity index (χ0n) is 8.25.